The molecule has 1 saturated heterocycles. The molecule has 1 aliphatic heterocycles. The monoisotopic (exact) mass is 237 g/mol. The van der Waals surface area contributed by atoms with E-state index >= 15 is 0 Å². The van der Waals surface area contributed by atoms with E-state index in [0.29, 0.717) is 24.4 Å². The predicted molar refractivity (Wildman–Crippen MR) is 67.6 cm³/mol. The van der Waals surface area contributed by atoms with Gasteiger partial charge in [-0.3, -0.25) is 4.79 Å². The Labute approximate surface area is 101 Å². The van der Waals surface area contributed by atoms with E-state index < -0.39 is 0 Å². The maximum absolute atomic E-state index is 12.2. The van der Waals surface area contributed by atoms with E-state index in [9.17, 15) is 4.79 Å². The number of carbonyl (C=O) groups excluding carboxylic acids is 1. The molecule has 3 heteroatoms. The molecule has 16 heavy (non-hydrogen) atoms. The number of amides is 1. The first kappa shape index (κ1) is 11.6. The van der Waals surface area contributed by atoms with Gasteiger partial charge in [0.15, 0.2) is 0 Å². The number of nitrogens with zero attached hydrogens (tertiary/aromatic N) is 1. The molecule has 0 N–H and O–H groups in total. The maximum Gasteiger partial charge on any atom is 0.228 e. The SMILES string of the molecule is C[C@H]1CCC[C@H](C)N1C(=O)Cc1cccs1. The number of hydrogen-bond donors (Lipinski definition) is 0. The molecule has 0 aliphatic carbocycles. The van der Waals surface area contributed by atoms with Crippen LogP contribution >= 0.6 is 11.3 Å². The lowest BCUT2D eigenvalue weighted by Gasteiger charge is -2.39. The highest BCUT2D eigenvalue weighted by Gasteiger charge is 2.28. The van der Waals surface area contributed by atoms with Crippen LogP contribution in [0.1, 0.15) is 38.0 Å². The van der Waals surface area contributed by atoms with Crippen LogP contribution in [0.4, 0.5) is 0 Å². The number of thiophene rings is 1. The molecule has 0 unspecified atom stereocenters. The summed E-state index contributed by atoms with van der Waals surface area (Å²) in [6.45, 7) is 4.34. The van der Waals surface area contributed by atoms with Gasteiger partial charge in [-0.05, 0) is 44.6 Å². The van der Waals surface area contributed by atoms with Gasteiger partial charge in [0.1, 0.15) is 0 Å². The lowest BCUT2D eigenvalue weighted by Crippen LogP contribution is -2.48. The van der Waals surface area contributed by atoms with Gasteiger partial charge in [0.25, 0.3) is 0 Å². The molecular weight excluding hydrogens is 218 g/mol. The van der Waals surface area contributed by atoms with Crippen molar-refractivity contribution in [3.05, 3.63) is 22.4 Å². The van der Waals surface area contributed by atoms with Gasteiger partial charge in [-0.1, -0.05) is 6.07 Å². The average molecular weight is 237 g/mol. The van der Waals surface area contributed by atoms with Crippen molar-refractivity contribution in [2.75, 3.05) is 0 Å². The zero-order valence-corrected chi connectivity index (χ0v) is 10.8. The van der Waals surface area contributed by atoms with Gasteiger partial charge in [-0.2, -0.15) is 0 Å². The number of piperidine rings is 1. The zero-order chi connectivity index (χ0) is 11.5. The highest BCUT2D eigenvalue weighted by Crippen LogP contribution is 2.24. The quantitative estimate of drug-likeness (QED) is 0.774. The van der Waals surface area contributed by atoms with Crippen LogP contribution in [0, 0.1) is 0 Å². The molecule has 0 spiro atoms. The Balaban J connectivity index is 2.02. The number of rotatable bonds is 2. The third-order valence-electron chi connectivity index (χ3n) is 3.39. The Morgan fingerprint density at radius 2 is 2.12 bits per heavy atom. The molecule has 0 bridgehead atoms. The smallest absolute Gasteiger partial charge is 0.228 e. The maximum atomic E-state index is 12.2. The van der Waals surface area contributed by atoms with Crippen molar-refractivity contribution < 1.29 is 4.79 Å². The second kappa shape index (κ2) is 5.00. The summed E-state index contributed by atoms with van der Waals surface area (Å²) in [5, 5.41) is 2.03. The number of hydrogen-bond acceptors (Lipinski definition) is 2. The van der Waals surface area contributed by atoms with Crippen molar-refractivity contribution in [3.63, 3.8) is 0 Å². The van der Waals surface area contributed by atoms with Crippen LogP contribution < -0.4 is 0 Å². The average Bonchev–Trinajstić information content (AvgIpc) is 2.70. The highest BCUT2D eigenvalue weighted by molar-refractivity contribution is 7.10. The molecule has 0 saturated carbocycles. The summed E-state index contributed by atoms with van der Waals surface area (Å²) in [6, 6.07) is 4.88. The Bertz CT molecular complexity index is 337. The highest BCUT2D eigenvalue weighted by atomic mass is 32.1. The van der Waals surface area contributed by atoms with Gasteiger partial charge < -0.3 is 4.90 Å². The molecule has 0 aromatic carbocycles. The molecule has 2 atom stereocenters. The second-order valence-corrected chi connectivity index (χ2v) is 5.72. The van der Waals surface area contributed by atoms with Gasteiger partial charge in [-0.25, -0.2) is 0 Å². The van der Waals surface area contributed by atoms with Crippen molar-refractivity contribution in [3.8, 4) is 0 Å². The van der Waals surface area contributed by atoms with E-state index in [2.05, 4.69) is 18.7 Å². The summed E-state index contributed by atoms with van der Waals surface area (Å²) >= 11 is 1.67. The van der Waals surface area contributed by atoms with Gasteiger partial charge in [0, 0.05) is 17.0 Å². The molecule has 1 aromatic rings. The van der Waals surface area contributed by atoms with Crippen LogP contribution in [-0.4, -0.2) is 22.9 Å². The minimum absolute atomic E-state index is 0.294. The molecule has 1 amide bonds. The topological polar surface area (TPSA) is 20.3 Å². The molecule has 1 fully saturated rings. The van der Waals surface area contributed by atoms with Gasteiger partial charge >= 0.3 is 0 Å². The Morgan fingerprint density at radius 1 is 1.44 bits per heavy atom. The van der Waals surface area contributed by atoms with Crippen LogP contribution in [0.2, 0.25) is 0 Å². The molecule has 0 radical (unpaired) electrons. The second-order valence-electron chi connectivity index (χ2n) is 4.69. The molecular formula is C13H19NOS. The molecule has 88 valence electrons. The van der Waals surface area contributed by atoms with E-state index in [4.69, 9.17) is 0 Å². The minimum atomic E-state index is 0.294. The summed E-state index contributed by atoms with van der Waals surface area (Å²) in [7, 11) is 0. The van der Waals surface area contributed by atoms with Crippen molar-refractivity contribution >= 4 is 17.2 Å². The van der Waals surface area contributed by atoms with Gasteiger partial charge in [-0.15, -0.1) is 11.3 Å². The van der Waals surface area contributed by atoms with Crippen molar-refractivity contribution in [1.29, 1.82) is 0 Å². The molecule has 1 aromatic heterocycles. The summed E-state index contributed by atoms with van der Waals surface area (Å²) in [6.07, 6.45) is 4.14. The van der Waals surface area contributed by atoms with E-state index in [1.54, 1.807) is 11.3 Å². The summed E-state index contributed by atoms with van der Waals surface area (Å²) in [5.74, 6) is 0.294. The zero-order valence-electron chi connectivity index (χ0n) is 9.98. The summed E-state index contributed by atoms with van der Waals surface area (Å²) in [5.41, 5.74) is 0. The number of carbonyl (C=O) groups is 1. The summed E-state index contributed by atoms with van der Waals surface area (Å²) < 4.78 is 0. The van der Waals surface area contributed by atoms with Crippen LogP contribution in [0.15, 0.2) is 17.5 Å². The Hall–Kier alpha value is -0.830. The Kier molecular flexibility index (Phi) is 3.64. The standard InChI is InChI=1S/C13H19NOS/c1-10-5-3-6-11(2)14(10)13(15)9-12-7-4-8-16-12/h4,7-8,10-11H,3,5-6,9H2,1-2H3/t10-,11-/m0/s1. The van der Waals surface area contributed by atoms with Gasteiger partial charge in [0.2, 0.25) is 5.91 Å². The van der Waals surface area contributed by atoms with Crippen LogP contribution in [0.25, 0.3) is 0 Å². The summed E-state index contributed by atoms with van der Waals surface area (Å²) in [4.78, 5) is 15.5. The van der Waals surface area contributed by atoms with Crippen molar-refractivity contribution in [2.45, 2.75) is 51.6 Å². The van der Waals surface area contributed by atoms with E-state index in [0.717, 1.165) is 12.8 Å². The fourth-order valence-electron chi connectivity index (χ4n) is 2.57. The predicted octanol–water partition coefficient (Wildman–Crippen LogP) is 3.08. The normalized spacial score (nSPS) is 25.8. The van der Waals surface area contributed by atoms with Crippen LogP contribution in [0.5, 0.6) is 0 Å². The van der Waals surface area contributed by atoms with Crippen molar-refractivity contribution in [1.82, 2.24) is 4.90 Å². The third-order valence-corrected chi connectivity index (χ3v) is 4.26. The molecule has 1 aliphatic rings. The lowest BCUT2D eigenvalue weighted by molar-refractivity contribution is -0.136. The van der Waals surface area contributed by atoms with E-state index in [-0.39, 0.29) is 0 Å². The van der Waals surface area contributed by atoms with E-state index in [1.165, 1.54) is 11.3 Å². The third kappa shape index (κ3) is 2.46. The minimum Gasteiger partial charge on any atom is -0.337 e. The van der Waals surface area contributed by atoms with Crippen molar-refractivity contribution in [2.24, 2.45) is 0 Å². The first-order valence-corrected chi connectivity index (χ1v) is 6.90. The first-order chi connectivity index (χ1) is 7.68. The molecule has 2 heterocycles. The number of likely N-dealkylation sites (tertiary alicyclic amines) is 1. The lowest BCUT2D eigenvalue weighted by atomic mass is 9.97. The largest absolute Gasteiger partial charge is 0.337 e. The van der Waals surface area contributed by atoms with Crippen LogP contribution in [-0.2, 0) is 11.2 Å². The molecule has 2 rings (SSSR count). The van der Waals surface area contributed by atoms with Gasteiger partial charge in [0.05, 0.1) is 6.42 Å². The fraction of sp³-hybridized carbons (Fsp3) is 0.615. The molecule has 2 nitrogen and oxygen atoms in total. The fourth-order valence-corrected chi connectivity index (χ4v) is 3.26. The first-order valence-electron chi connectivity index (χ1n) is 6.02. The van der Waals surface area contributed by atoms with Crippen LogP contribution in [0.3, 0.4) is 0 Å². The van der Waals surface area contributed by atoms with E-state index in [1.807, 2.05) is 17.5 Å². The Morgan fingerprint density at radius 3 is 2.69 bits per heavy atom.